The van der Waals surface area contributed by atoms with E-state index in [0.717, 1.165) is 0 Å². The normalized spacial score (nSPS) is 52.6. The molecule has 8 N–H and O–H groups in total. The van der Waals surface area contributed by atoms with Crippen molar-refractivity contribution in [2.45, 2.75) is 36.8 Å². The molecular formula is C6H15N2O3+. The highest BCUT2D eigenvalue weighted by Crippen LogP contribution is 2.16. The Morgan fingerprint density at radius 1 is 1.09 bits per heavy atom. The lowest BCUT2D eigenvalue weighted by Gasteiger charge is -2.35. The molecular weight excluding hydrogens is 148 g/mol. The Balaban J connectivity index is 2.63. The number of aliphatic hydroxyl groups excluding tert-OH is 3. The molecule has 1 aliphatic carbocycles. The lowest BCUT2D eigenvalue weighted by atomic mass is 9.85. The van der Waals surface area contributed by atoms with Crippen molar-refractivity contribution in [3.63, 3.8) is 0 Å². The summed E-state index contributed by atoms with van der Waals surface area (Å²) in [4.78, 5) is 0. The molecule has 0 heterocycles. The van der Waals surface area contributed by atoms with Gasteiger partial charge < -0.3 is 26.8 Å². The Bertz CT molecular complexity index is 130. The van der Waals surface area contributed by atoms with Crippen LogP contribution in [0.5, 0.6) is 0 Å². The second-order valence-electron chi connectivity index (χ2n) is 3.13. The summed E-state index contributed by atoms with van der Waals surface area (Å²) in [6.07, 6.45) is -2.69. The van der Waals surface area contributed by atoms with E-state index in [2.05, 4.69) is 5.73 Å². The second kappa shape index (κ2) is 3.04. The van der Waals surface area contributed by atoms with E-state index in [9.17, 15) is 10.2 Å². The topological polar surface area (TPSA) is 114 Å². The molecule has 0 aromatic carbocycles. The van der Waals surface area contributed by atoms with E-state index in [0.29, 0.717) is 6.42 Å². The first-order valence-corrected chi connectivity index (χ1v) is 3.67. The fourth-order valence-corrected chi connectivity index (χ4v) is 1.36. The van der Waals surface area contributed by atoms with Crippen molar-refractivity contribution < 1.29 is 21.1 Å². The molecule has 5 nitrogen and oxygen atoms in total. The first-order valence-electron chi connectivity index (χ1n) is 3.67. The van der Waals surface area contributed by atoms with E-state index in [1.54, 1.807) is 0 Å². The highest BCUT2D eigenvalue weighted by molar-refractivity contribution is 4.93. The van der Waals surface area contributed by atoms with Crippen LogP contribution in [0.1, 0.15) is 6.42 Å². The summed E-state index contributed by atoms with van der Waals surface area (Å²) >= 11 is 0. The number of nitrogens with two attached hydrogens (primary N) is 1. The van der Waals surface area contributed by atoms with Crippen LogP contribution in [0.2, 0.25) is 0 Å². The first-order chi connectivity index (χ1) is 5.04. The summed E-state index contributed by atoms with van der Waals surface area (Å²) < 4.78 is 0. The molecule has 0 unspecified atom stereocenters. The van der Waals surface area contributed by atoms with Gasteiger partial charge in [-0.05, 0) is 0 Å². The summed E-state index contributed by atoms with van der Waals surface area (Å²) in [6, 6.07) is -0.765. The van der Waals surface area contributed by atoms with Gasteiger partial charge in [0.2, 0.25) is 0 Å². The molecule has 1 aliphatic rings. The Morgan fingerprint density at radius 3 is 2.18 bits per heavy atom. The zero-order valence-corrected chi connectivity index (χ0v) is 6.22. The van der Waals surface area contributed by atoms with Gasteiger partial charge in [0.05, 0.1) is 6.10 Å². The second-order valence-corrected chi connectivity index (χ2v) is 3.13. The van der Waals surface area contributed by atoms with Crippen LogP contribution < -0.4 is 11.5 Å². The third kappa shape index (κ3) is 1.52. The van der Waals surface area contributed by atoms with Crippen LogP contribution in [0.25, 0.3) is 0 Å². The molecule has 0 aromatic heterocycles. The number of rotatable bonds is 0. The van der Waals surface area contributed by atoms with Crippen molar-refractivity contribution in [2.75, 3.05) is 0 Å². The average molecular weight is 163 g/mol. The Hall–Kier alpha value is -0.200. The van der Waals surface area contributed by atoms with Crippen LogP contribution in [0, 0.1) is 0 Å². The zero-order valence-electron chi connectivity index (χ0n) is 6.22. The number of hydrogen-bond donors (Lipinski definition) is 5. The van der Waals surface area contributed by atoms with E-state index in [-0.39, 0.29) is 6.04 Å². The predicted octanol–water partition coefficient (Wildman–Crippen LogP) is -3.59. The Morgan fingerprint density at radius 2 is 1.64 bits per heavy atom. The molecule has 0 saturated heterocycles. The molecule has 0 radical (unpaired) electrons. The fourth-order valence-electron chi connectivity index (χ4n) is 1.36. The molecule has 5 heteroatoms. The fraction of sp³-hybridized carbons (Fsp3) is 1.00. The smallest absolute Gasteiger partial charge is 0.134 e. The minimum absolute atomic E-state index is 0.289. The van der Waals surface area contributed by atoms with Crippen LogP contribution >= 0.6 is 0 Å². The van der Waals surface area contributed by atoms with Gasteiger partial charge in [-0.15, -0.1) is 0 Å². The van der Waals surface area contributed by atoms with Crippen LogP contribution in [-0.4, -0.2) is 45.7 Å². The first kappa shape index (κ1) is 8.89. The maximum atomic E-state index is 9.21. The van der Waals surface area contributed by atoms with E-state index >= 15 is 0 Å². The summed E-state index contributed by atoms with van der Waals surface area (Å²) in [5.74, 6) is 0. The maximum Gasteiger partial charge on any atom is 0.134 e. The van der Waals surface area contributed by atoms with E-state index in [1.165, 1.54) is 0 Å². The standard InChI is InChI=1S/C6H14N2O3/c7-2-1-3(8)5(10)6(11)4(2)9/h2-6,9-11H,1,7-8H2/p+1/t2-,3+,4+,5-,6-. The molecule has 0 spiro atoms. The van der Waals surface area contributed by atoms with Crippen LogP contribution in [0.4, 0.5) is 0 Å². The van der Waals surface area contributed by atoms with E-state index in [4.69, 9.17) is 10.8 Å². The summed E-state index contributed by atoms with van der Waals surface area (Å²) in [5.41, 5.74) is 9.07. The van der Waals surface area contributed by atoms with Gasteiger partial charge >= 0.3 is 0 Å². The van der Waals surface area contributed by atoms with Gasteiger partial charge in [-0.1, -0.05) is 0 Å². The zero-order chi connectivity index (χ0) is 8.59. The van der Waals surface area contributed by atoms with Gasteiger partial charge in [0, 0.05) is 12.5 Å². The minimum Gasteiger partial charge on any atom is -0.389 e. The van der Waals surface area contributed by atoms with Crippen LogP contribution in [0.15, 0.2) is 0 Å². The molecule has 0 aromatic rings. The number of hydrogen-bond acceptors (Lipinski definition) is 4. The molecule has 0 bridgehead atoms. The summed E-state index contributed by atoms with van der Waals surface area (Å²) in [5, 5.41) is 27.5. The lowest BCUT2D eigenvalue weighted by molar-refractivity contribution is -0.451. The molecule has 1 saturated carbocycles. The number of aliphatic hydroxyl groups is 3. The largest absolute Gasteiger partial charge is 0.389 e. The molecule has 1 rings (SSSR count). The molecule has 11 heavy (non-hydrogen) atoms. The van der Waals surface area contributed by atoms with Crippen LogP contribution in [-0.2, 0) is 0 Å². The quantitative estimate of drug-likeness (QED) is 0.254. The molecule has 1 fully saturated rings. The lowest BCUT2D eigenvalue weighted by Crippen LogP contribution is -2.75. The number of quaternary nitrogens is 1. The highest BCUT2D eigenvalue weighted by atomic mass is 16.4. The SMILES string of the molecule is N[C@@H]1C[C@H]([NH3+])[C@@H](O)[C@H](O)[C@H]1O. The molecule has 0 aliphatic heterocycles. The van der Waals surface area contributed by atoms with Crippen molar-refractivity contribution in [1.82, 2.24) is 0 Å². The van der Waals surface area contributed by atoms with E-state index < -0.39 is 24.4 Å². The molecule has 5 atom stereocenters. The van der Waals surface area contributed by atoms with Crippen molar-refractivity contribution >= 4 is 0 Å². The van der Waals surface area contributed by atoms with Crippen molar-refractivity contribution in [1.29, 1.82) is 0 Å². The van der Waals surface area contributed by atoms with Gasteiger partial charge in [0.1, 0.15) is 18.2 Å². The predicted molar refractivity (Wildman–Crippen MR) is 37.3 cm³/mol. The van der Waals surface area contributed by atoms with Crippen molar-refractivity contribution in [3.05, 3.63) is 0 Å². The highest BCUT2D eigenvalue weighted by Gasteiger charge is 2.41. The van der Waals surface area contributed by atoms with Gasteiger partial charge in [0.15, 0.2) is 0 Å². The third-order valence-electron chi connectivity index (χ3n) is 2.20. The van der Waals surface area contributed by atoms with E-state index in [1.807, 2.05) is 0 Å². The Kier molecular flexibility index (Phi) is 2.46. The Labute approximate surface area is 64.6 Å². The van der Waals surface area contributed by atoms with Gasteiger partial charge in [-0.3, -0.25) is 0 Å². The van der Waals surface area contributed by atoms with Gasteiger partial charge in [0.25, 0.3) is 0 Å². The average Bonchev–Trinajstić information content (AvgIpc) is 1.97. The summed E-state index contributed by atoms with van der Waals surface area (Å²) in [7, 11) is 0. The molecule has 0 amide bonds. The monoisotopic (exact) mass is 163 g/mol. The minimum atomic E-state index is -1.15. The van der Waals surface area contributed by atoms with Crippen molar-refractivity contribution in [3.8, 4) is 0 Å². The maximum absolute atomic E-state index is 9.21. The van der Waals surface area contributed by atoms with Crippen molar-refractivity contribution in [2.24, 2.45) is 5.73 Å². The molecule has 66 valence electrons. The van der Waals surface area contributed by atoms with Gasteiger partial charge in [-0.2, -0.15) is 0 Å². The summed E-state index contributed by atoms with van der Waals surface area (Å²) in [6.45, 7) is 0. The van der Waals surface area contributed by atoms with Gasteiger partial charge in [-0.25, -0.2) is 0 Å². The third-order valence-corrected chi connectivity index (χ3v) is 2.20. The van der Waals surface area contributed by atoms with Crippen LogP contribution in [0.3, 0.4) is 0 Å².